The van der Waals surface area contributed by atoms with E-state index in [-0.39, 0.29) is 5.91 Å². The second-order valence-electron chi connectivity index (χ2n) is 5.01. The quantitative estimate of drug-likeness (QED) is 0.742. The van der Waals surface area contributed by atoms with Crippen LogP contribution in [0.25, 0.3) is 0 Å². The summed E-state index contributed by atoms with van der Waals surface area (Å²) in [5.41, 5.74) is 5.43. The third kappa shape index (κ3) is 5.46. The molecule has 1 rings (SSSR count). The minimum atomic E-state index is 0.162. The van der Waals surface area contributed by atoms with E-state index in [2.05, 4.69) is 11.8 Å². The van der Waals surface area contributed by atoms with Crippen molar-refractivity contribution in [3.8, 4) is 0 Å². The monoisotopic (exact) mass is 257 g/mol. The van der Waals surface area contributed by atoms with Gasteiger partial charge < -0.3 is 10.6 Å². The molecule has 1 aliphatic rings. The smallest absolute Gasteiger partial charge is 0.236 e. The fourth-order valence-electron chi connectivity index (χ4n) is 2.14. The number of thiocarbonyl (C=S) groups is 1. The number of hydrogen-bond donors (Lipinski definition) is 1. The highest BCUT2D eigenvalue weighted by molar-refractivity contribution is 7.80. The van der Waals surface area contributed by atoms with E-state index >= 15 is 0 Å². The Morgan fingerprint density at radius 3 is 2.88 bits per heavy atom. The predicted octanol–water partition coefficient (Wildman–Crippen LogP) is 0.853. The highest BCUT2D eigenvalue weighted by Gasteiger charge is 2.19. The predicted molar refractivity (Wildman–Crippen MR) is 73.9 cm³/mol. The third-order valence-electron chi connectivity index (χ3n) is 3.22. The molecule has 2 N–H and O–H groups in total. The first-order chi connectivity index (χ1) is 7.99. The molecule has 5 heteroatoms. The molecule has 0 aliphatic carbocycles. The molecule has 0 aromatic heterocycles. The zero-order chi connectivity index (χ0) is 12.8. The first-order valence-electron chi connectivity index (χ1n) is 6.23. The summed E-state index contributed by atoms with van der Waals surface area (Å²) in [5.74, 6) is 0.869. The normalized spacial score (nSPS) is 21.2. The number of carbonyl (C=O) groups excluding carboxylic acids is 1. The Morgan fingerprint density at radius 1 is 1.59 bits per heavy atom. The summed E-state index contributed by atoms with van der Waals surface area (Å²) < 4.78 is 0. The van der Waals surface area contributed by atoms with Gasteiger partial charge in [0.1, 0.15) is 0 Å². The molecule has 0 aromatic rings. The van der Waals surface area contributed by atoms with Crippen molar-refractivity contribution in [2.75, 3.05) is 33.2 Å². The lowest BCUT2D eigenvalue weighted by molar-refractivity contribution is -0.131. The Morgan fingerprint density at radius 2 is 2.29 bits per heavy atom. The molecule has 1 aliphatic heterocycles. The number of nitrogens with two attached hydrogens (primary N) is 1. The molecule has 1 heterocycles. The molecule has 17 heavy (non-hydrogen) atoms. The number of hydrogen-bond acceptors (Lipinski definition) is 3. The Kier molecular flexibility index (Phi) is 5.85. The number of amides is 1. The molecule has 1 fully saturated rings. The maximum Gasteiger partial charge on any atom is 0.236 e. The highest BCUT2D eigenvalue weighted by atomic mass is 32.1. The molecule has 1 saturated heterocycles. The lowest BCUT2D eigenvalue weighted by Gasteiger charge is -2.31. The van der Waals surface area contributed by atoms with E-state index < -0.39 is 0 Å². The van der Waals surface area contributed by atoms with Gasteiger partial charge in [0.05, 0.1) is 11.5 Å². The van der Waals surface area contributed by atoms with Crippen molar-refractivity contribution in [2.24, 2.45) is 11.7 Å². The number of rotatable bonds is 5. The zero-order valence-corrected chi connectivity index (χ0v) is 11.6. The minimum Gasteiger partial charge on any atom is -0.393 e. The average molecular weight is 257 g/mol. The summed E-state index contributed by atoms with van der Waals surface area (Å²) in [5, 5.41) is 0. The zero-order valence-electron chi connectivity index (χ0n) is 10.8. The lowest BCUT2D eigenvalue weighted by atomic mass is 10.0. The van der Waals surface area contributed by atoms with Crippen LogP contribution >= 0.6 is 12.2 Å². The van der Waals surface area contributed by atoms with Gasteiger partial charge in [-0.25, -0.2) is 0 Å². The van der Waals surface area contributed by atoms with Crippen molar-refractivity contribution >= 4 is 23.1 Å². The van der Waals surface area contributed by atoms with Crippen LogP contribution < -0.4 is 5.73 Å². The number of likely N-dealkylation sites (tertiary alicyclic amines) is 1. The van der Waals surface area contributed by atoms with Crippen LogP contribution in [0.2, 0.25) is 0 Å². The summed E-state index contributed by atoms with van der Waals surface area (Å²) in [6.07, 6.45) is 3.08. The van der Waals surface area contributed by atoms with Crippen LogP contribution in [0.15, 0.2) is 0 Å². The molecule has 0 spiro atoms. The van der Waals surface area contributed by atoms with Gasteiger partial charge in [0, 0.05) is 26.6 Å². The maximum absolute atomic E-state index is 11.9. The van der Waals surface area contributed by atoms with Gasteiger partial charge >= 0.3 is 0 Å². The van der Waals surface area contributed by atoms with Gasteiger partial charge in [0.25, 0.3) is 0 Å². The standard InChI is InChI=1S/C12H23N3OS/c1-10-4-3-6-15(8-10)9-12(16)14(2)7-5-11(13)17/h10H,3-9H2,1-2H3,(H2,13,17). The van der Waals surface area contributed by atoms with Crippen LogP contribution in [-0.2, 0) is 4.79 Å². The van der Waals surface area contributed by atoms with Crippen LogP contribution in [0.1, 0.15) is 26.2 Å². The number of piperidine rings is 1. The Hall–Kier alpha value is -0.680. The molecule has 98 valence electrons. The van der Waals surface area contributed by atoms with E-state index in [0.29, 0.717) is 30.4 Å². The lowest BCUT2D eigenvalue weighted by Crippen LogP contribution is -2.43. The van der Waals surface area contributed by atoms with E-state index in [4.69, 9.17) is 18.0 Å². The van der Waals surface area contributed by atoms with E-state index in [1.165, 1.54) is 12.8 Å². The second-order valence-corrected chi connectivity index (χ2v) is 5.54. The third-order valence-corrected chi connectivity index (χ3v) is 3.42. The number of nitrogens with zero attached hydrogens (tertiary/aromatic N) is 2. The summed E-state index contributed by atoms with van der Waals surface area (Å²) in [6.45, 7) is 5.47. The topological polar surface area (TPSA) is 49.6 Å². The number of carbonyl (C=O) groups is 1. The highest BCUT2D eigenvalue weighted by Crippen LogP contribution is 2.15. The maximum atomic E-state index is 11.9. The second kappa shape index (κ2) is 6.91. The molecule has 0 aromatic carbocycles. The molecule has 1 unspecified atom stereocenters. The Labute approximate surface area is 109 Å². The van der Waals surface area contributed by atoms with Gasteiger partial charge in [-0.1, -0.05) is 19.1 Å². The van der Waals surface area contributed by atoms with Gasteiger partial charge in [-0.3, -0.25) is 9.69 Å². The summed E-state index contributed by atoms with van der Waals surface area (Å²) >= 11 is 4.81. The van der Waals surface area contributed by atoms with Gasteiger partial charge in [-0.05, 0) is 25.3 Å². The summed E-state index contributed by atoms with van der Waals surface area (Å²) in [6, 6.07) is 0. The average Bonchev–Trinajstić information content (AvgIpc) is 2.25. The molecule has 0 radical (unpaired) electrons. The molecule has 1 atom stereocenters. The molecule has 1 amide bonds. The van der Waals surface area contributed by atoms with Gasteiger partial charge in [-0.15, -0.1) is 0 Å². The Bertz CT molecular complexity index is 283. The molecule has 4 nitrogen and oxygen atoms in total. The van der Waals surface area contributed by atoms with Crippen molar-refractivity contribution in [3.63, 3.8) is 0 Å². The van der Waals surface area contributed by atoms with Crippen LogP contribution in [-0.4, -0.2) is 53.9 Å². The first-order valence-corrected chi connectivity index (χ1v) is 6.64. The van der Waals surface area contributed by atoms with Crippen molar-refractivity contribution in [2.45, 2.75) is 26.2 Å². The van der Waals surface area contributed by atoms with Crippen molar-refractivity contribution in [1.29, 1.82) is 0 Å². The van der Waals surface area contributed by atoms with E-state index in [9.17, 15) is 4.79 Å². The van der Waals surface area contributed by atoms with Crippen molar-refractivity contribution < 1.29 is 4.79 Å². The fourth-order valence-corrected chi connectivity index (χ4v) is 2.24. The largest absolute Gasteiger partial charge is 0.393 e. The van der Waals surface area contributed by atoms with Crippen LogP contribution in [0.5, 0.6) is 0 Å². The summed E-state index contributed by atoms with van der Waals surface area (Å²) in [7, 11) is 1.81. The first kappa shape index (κ1) is 14.4. The van der Waals surface area contributed by atoms with E-state index in [1.807, 2.05) is 7.05 Å². The summed E-state index contributed by atoms with van der Waals surface area (Å²) in [4.78, 5) is 16.4. The van der Waals surface area contributed by atoms with E-state index in [1.54, 1.807) is 4.90 Å². The Balaban J connectivity index is 2.29. The van der Waals surface area contributed by atoms with Crippen LogP contribution in [0, 0.1) is 5.92 Å². The van der Waals surface area contributed by atoms with Crippen LogP contribution in [0.3, 0.4) is 0 Å². The van der Waals surface area contributed by atoms with Gasteiger partial charge in [0.15, 0.2) is 0 Å². The van der Waals surface area contributed by atoms with Crippen molar-refractivity contribution in [1.82, 2.24) is 9.80 Å². The van der Waals surface area contributed by atoms with E-state index in [0.717, 1.165) is 13.1 Å². The minimum absolute atomic E-state index is 0.162. The molecular weight excluding hydrogens is 234 g/mol. The SMILES string of the molecule is CC1CCCN(CC(=O)N(C)CCC(N)=S)C1. The fraction of sp³-hybridized carbons (Fsp3) is 0.833. The number of likely N-dealkylation sites (N-methyl/N-ethyl adjacent to an activating group) is 1. The van der Waals surface area contributed by atoms with Crippen molar-refractivity contribution in [3.05, 3.63) is 0 Å². The molecular formula is C12H23N3OS. The van der Waals surface area contributed by atoms with Gasteiger partial charge in [-0.2, -0.15) is 0 Å². The van der Waals surface area contributed by atoms with Crippen LogP contribution in [0.4, 0.5) is 0 Å². The molecule has 0 bridgehead atoms. The van der Waals surface area contributed by atoms with Gasteiger partial charge in [0.2, 0.25) is 5.91 Å². The molecule has 0 saturated carbocycles.